The third kappa shape index (κ3) is 3.17. The Hall–Kier alpha value is -1.81. The van der Waals surface area contributed by atoms with Crippen molar-refractivity contribution in [1.29, 1.82) is 0 Å². The summed E-state index contributed by atoms with van der Waals surface area (Å²) in [5.41, 5.74) is 3.55. The summed E-state index contributed by atoms with van der Waals surface area (Å²) in [5.74, 6) is 0. The van der Waals surface area contributed by atoms with Crippen molar-refractivity contribution >= 4 is 22.5 Å². The molecule has 0 aliphatic carbocycles. The number of nitrogens with zero attached hydrogens (tertiary/aromatic N) is 1. The third-order valence-corrected chi connectivity index (χ3v) is 4.18. The van der Waals surface area contributed by atoms with Crippen LogP contribution in [0.15, 0.2) is 54.7 Å². The number of benzene rings is 2. The van der Waals surface area contributed by atoms with E-state index < -0.39 is 0 Å². The molecule has 0 saturated carbocycles. The van der Waals surface area contributed by atoms with E-state index in [1.165, 1.54) is 16.5 Å². The van der Waals surface area contributed by atoms with E-state index in [4.69, 9.17) is 16.7 Å². The lowest BCUT2D eigenvalue weighted by atomic mass is 10.1. The van der Waals surface area contributed by atoms with Crippen molar-refractivity contribution in [3.63, 3.8) is 0 Å². The molecule has 0 unspecified atom stereocenters. The van der Waals surface area contributed by atoms with Crippen molar-refractivity contribution in [2.75, 3.05) is 13.2 Å². The van der Waals surface area contributed by atoms with Crippen molar-refractivity contribution in [1.82, 2.24) is 9.88 Å². The summed E-state index contributed by atoms with van der Waals surface area (Å²) in [6, 6.07) is 16.4. The zero-order valence-corrected chi connectivity index (χ0v) is 13.1. The second-order valence-electron chi connectivity index (χ2n) is 5.29. The van der Waals surface area contributed by atoms with Crippen LogP contribution in [-0.4, -0.2) is 22.8 Å². The normalized spacial score (nSPS) is 11.2. The fraction of sp³-hybridized carbons (Fsp3) is 0.222. The van der Waals surface area contributed by atoms with Crippen LogP contribution < -0.4 is 5.32 Å². The van der Waals surface area contributed by atoms with Crippen LogP contribution >= 0.6 is 11.6 Å². The molecule has 2 N–H and O–H groups in total. The van der Waals surface area contributed by atoms with Gasteiger partial charge >= 0.3 is 0 Å². The van der Waals surface area contributed by atoms with Crippen molar-refractivity contribution in [3.05, 3.63) is 70.9 Å². The highest BCUT2D eigenvalue weighted by Crippen LogP contribution is 2.23. The van der Waals surface area contributed by atoms with Crippen LogP contribution in [0.25, 0.3) is 10.9 Å². The van der Waals surface area contributed by atoms with Crippen LogP contribution in [0.5, 0.6) is 0 Å². The zero-order chi connectivity index (χ0) is 15.4. The first-order valence-electron chi connectivity index (χ1n) is 7.41. The number of aliphatic hydroxyl groups is 1. The molecule has 3 rings (SSSR count). The summed E-state index contributed by atoms with van der Waals surface area (Å²) >= 11 is 6.26. The molecule has 0 aliphatic rings. The molecule has 0 atom stereocenters. The summed E-state index contributed by atoms with van der Waals surface area (Å²) in [6.07, 6.45) is 2.10. The lowest BCUT2D eigenvalue weighted by Gasteiger charge is -2.09. The first-order chi connectivity index (χ1) is 10.8. The second kappa shape index (κ2) is 6.97. The molecule has 4 heteroatoms. The molecule has 0 amide bonds. The van der Waals surface area contributed by atoms with Crippen molar-refractivity contribution < 1.29 is 5.11 Å². The van der Waals surface area contributed by atoms with E-state index in [0.717, 1.165) is 23.7 Å². The number of rotatable bonds is 6. The molecule has 0 spiro atoms. The van der Waals surface area contributed by atoms with Gasteiger partial charge in [-0.1, -0.05) is 41.9 Å². The van der Waals surface area contributed by atoms with E-state index in [-0.39, 0.29) is 6.61 Å². The van der Waals surface area contributed by atoms with Gasteiger partial charge in [0, 0.05) is 41.8 Å². The topological polar surface area (TPSA) is 37.2 Å². The maximum absolute atomic E-state index is 8.87. The van der Waals surface area contributed by atoms with E-state index in [1.54, 1.807) is 0 Å². The van der Waals surface area contributed by atoms with Crippen LogP contribution in [-0.2, 0) is 13.1 Å². The molecule has 22 heavy (non-hydrogen) atoms. The van der Waals surface area contributed by atoms with E-state index in [2.05, 4.69) is 46.4 Å². The van der Waals surface area contributed by atoms with Gasteiger partial charge in [-0.25, -0.2) is 0 Å². The van der Waals surface area contributed by atoms with Crippen LogP contribution in [0.2, 0.25) is 5.02 Å². The number of aliphatic hydroxyl groups excluding tert-OH is 1. The summed E-state index contributed by atoms with van der Waals surface area (Å²) in [5, 5.41) is 14.1. The maximum atomic E-state index is 8.87. The quantitative estimate of drug-likeness (QED) is 0.684. The summed E-state index contributed by atoms with van der Waals surface area (Å²) < 4.78 is 2.21. The first kappa shape index (κ1) is 15.1. The Balaban J connectivity index is 1.89. The van der Waals surface area contributed by atoms with Gasteiger partial charge in [-0.05, 0) is 29.3 Å². The number of hydrogen-bond donors (Lipinski definition) is 2. The van der Waals surface area contributed by atoms with Gasteiger partial charge in [0.1, 0.15) is 0 Å². The zero-order valence-electron chi connectivity index (χ0n) is 12.3. The van der Waals surface area contributed by atoms with Gasteiger partial charge in [-0.3, -0.25) is 0 Å². The number of fused-ring (bicyclic) bond motifs is 1. The minimum absolute atomic E-state index is 0.156. The predicted molar refractivity (Wildman–Crippen MR) is 91.3 cm³/mol. The third-order valence-electron chi connectivity index (χ3n) is 3.81. The molecule has 2 aromatic carbocycles. The average molecular weight is 315 g/mol. The highest BCUT2D eigenvalue weighted by Gasteiger charge is 2.07. The van der Waals surface area contributed by atoms with Crippen molar-refractivity contribution in [3.8, 4) is 0 Å². The minimum Gasteiger partial charge on any atom is -0.395 e. The monoisotopic (exact) mass is 314 g/mol. The van der Waals surface area contributed by atoms with E-state index in [9.17, 15) is 0 Å². The predicted octanol–water partition coefficient (Wildman–Crippen LogP) is 3.42. The average Bonchev–Trinajstić information content (AvgIpc) is 2.94. The van der Waals surface area contributed by atoms with Gasteiger partial charge in [-0.15, -0.1) is 0 Å². The SMILES string of the molecule is OCCNCc1cccc2c1ccn2Cc1ccccc1Cl. The first-order valence-corrected chi connectivity index (χ1v) is 7.79. The van der Waals surface area contributed by atoms with E-state index in [0.29, 0.717) is 6.54 Å². The molecule has 3 aromatic rings. The number of hydrogen-bond acceptors (Lipinski definition) is 2. The molecule has 3 nitrogen and oxygen atoms in total. The molecule has 0 radical (unpaired) electrons. The summed E-state index contributed by atoms with van der Waals surface area (Å²) in [6.45, 7) is 2.28. The standard InChI is InChI=1S/C18H19ClN2O/c19-17-6-2-1-4-15(17)13-21-10-8-16-14(12-20-9-11-22)5-3-7-18(16)21/h1-8,10,20,22H,9,11-13H2. The minimum atomic E-state index is 0.156. The maximum Gasteiger partial charge on any atom is 0.0556 e. The Morgan fingerprint density at radius 2 is 1.82 bits per heavy atom. The van der Waals surface area contributed by atoms with Gasteiger partial charge in [0.25, 0.3) is 0 Å². The molecule has 0 saturated heterocycles. The Labute approximate surface area is 135 Å². The van der Waals surface area contributed by atoms with E-state index >= 15 is 0 Å². The Bertz CT molecular complexity index is 767. The highest BCUT2D eigenvalue weighted by atomic mass is 35.5. The molecule has 0 fully saturated rings. The van der Waals surface area contributed by atoms with Crippen LogP contribution in [0.1, 0.15) is 11.1 Å². The Kier molecular flexibility index (Phi) is 4.78. The Morgan fingerprint density at radius 3 is 2.64 bits per heavy atom. The van der Waals surface area contributed by atoms with Gasteiger partial charge in [0.2, 0.25) is 0 Å². The second-order valence-corrected chi connectivity index (χ2v) is 5.69. The fourth-order valence-electron chi connectivity index (χ4n) is 2.69. The largest absolute Gasteiger partial charge is 0.395 e. The van der Waals surface area contributed by atoms with E-state index in [1.807, 2.05) is 18.2 Å². The molecule has 114 valence electrons. The van der Waals surface area contributed by atoms with Crippen molar-refractivity contribution in [2.24, 2.45) is 0 Å². The van der Waals surface area contributed by atoms with Gasteiger partial charge in [0.05, 0.1) is 6.61 Å². The number of aromatic nitrogens is 1. The molecule has 1 heterocycles. The number of nitrogens with one attached hydrogen (secondary N) is 1. The smallest absolute Gasteiger partial charge is 0.0556 e. The van der Waals surface area contributed by atoms with Crippen molar-refractivity contribution in [2.45, 2.75) is 13.1 Å². The Morgan fingerprint density at radius 1 is 1.00 bits per heavy atom. The van der Waals surface area contributed by atoms with Crippen LogP contribution in [0, 0.1) is 0 Å². The summed E-state index contributed by atoms with van der Waals surface area (Å²) in [4.78, 5) is 0. The number of halogens is 1. The molecule has 0 aliphatic heterocycles. The molecule has 1 aromatic heterocycles. The molecular weight excluding hydrogens is 296 g/mol. The highest BCUT2D eigenvalue weighted by molar-refractivity contribution is 6.31. The van der Waals surface area contributed by atoms with Gasteiger partial charge in [-0.2, -0.15) is 0 Å². The molecule has 0 bridgehead atoms. The van der Waals surface area contributed by atoms with Gasteiger partial charge < -0.3 is 15.0 Å². The van der Waals surface area contributed by atoms with Crippen LogP contribution in [0.4, 0.5) is 0 Å². The van der Waals surface area contributed by atoms with Gasteiger partial charge in [0.15, 0.2) is 0 Å². The lowest BCUT2D eigenvalue weighted by molar-refractivity contribution is 0.292. The lowest BCUT2D eigenvalue weighted by Crippen LogP contribution is -2.17. The molecular formula is C18H19ClN2O. The fourth-order valence-corrected chi connectivity index (χ4v) is 2.89. The summed E-state index contributed by atoms with van der Waals surface area (Å²) in [7, 11) is 0. The van der Waals surface area contributed by atoms with Crippen LogP contribution in [0.3, 0.4) is 0 Å².